The monoisotopic (exact) mass is 313 g/mol. The molecule has 16 heavy (non-hydrogen) atoms. The van der Waals surface area contributed by atoms with E-state index in [-0.39, 0.29) is 5.91 Å². The second kappa shape index (κ2) is 4.69. The topological polar surface area (TPSA) is 20.3 Å². The number of amides is 1. The van der Waals surface area contributed by atoms with Crippen molar-refractivity contribution >= 4 is 56.2 Å². The fourth-order valence-corrected chi connectivity index (χ4v) is 2.70. The summed E-state index contributed by atoms with van der Waals surface area (Å²) < 4.78 is 1.63. The van der Waals surface area contributed by atoms with E-state index in [9.17, 15) is 4.79 Å². The summed E-state index contributed by atoms with van der Waals surface area (Å²) >= 11 is 9.76. The lowest BCUT2D eigenvalue weighted by Crippen LogP contribution is -2.22. The van der Waals surface area contributed by atoms with Crippen LogP contribution in [0.1, 0.15) is 5.56 Å². The molecule has 0 aromatic heterocycles. The normalized spacial score (nSPS) is 18.6. The lowest BCUT2D eigenvalue weighted by molar-refractivity contribution is -0.121. The van der Waals surface area contributed by atoms with Crippen LogP contribution < -0.4 is 0 Å². The van der Waals surface area contributed by atoms with Crippen LogP contribution in [0.3, 0.4) is 0 Å². The van der Waals surface area contributed by atoms with Crippen molar-refractivity contribution in [2.24, 2.45) is 0 Å². The number of likely N-dealkylation sites (N-methyl/N-ethyl adjacent to an activating group) is 1. The summed E-state index contributed by atoms with van der Waals surface area (Å²) in [5.41, 5.74) is 0.997. The fraction of sp³-hybridized carbons (Fsp3) is 0.0909. The average molecular weight is 314 g/mol. The Morgan fingerprint density at radius 1 is 1.38 bits per heavy atom. The van der Waals surface area contributed by atoms with Crippen molar-refractivity contribution in [1.29, 1.82) is 0 Å². The van der Waals surface area contributed by atoms with Crippen LogP contribution >= 0.6 is 39.9 Å². The Morgan fingerprint density at radius 2 is 2.00 bits per heavy atom. The van der Waals surface area contributed by atoms with Gasteiger partial charge in [0, 0.05) is 11.5 Å². The van der Waals surface area contributed by atoms with Gasteiger partial charge in [-0.1, -0.05) is 52.0 Å². The molecule has 0 bridgehead atoms. The fourth-order valence-electron chi connectivity index (χ4n) is 1.26. The lowest BCUT2D eigenvalue weighted by atomic mass is 10.2. The van der Waals surface area contributed by atoms with E-state index in [1.54, 1.807) is 7.05 Å². The summed E-state index contributed by atoms with van der Waals surface area (Å²) in [4.78, 5) is 13.9. The molecule has 0 N–H and O–H groups in total. The maximum atomic E-state index is 11.7. The molecule has 1 saturated heterocycles. The smallest absolute Gasteiger partial charge is 0.265 e. The van der Waals surface area contributed by atoms with Crippen LogP contribution in [0.5, 0.6) is 0 Å². The maximum absolute atomic E-state index is 11.7. The van der Waals surface area contributed by atoms with Crippen molar-refractivity contribution in [3.8, 4) is 0 Å². The highest BCUT2D eigenvalue weighted by Gasteiger charge is 2.28. The lowest BCUT2D eigenvalue weighted by Gasteiger charge is -2.03. The van der Waals surface area contributed by atoms with Gasteiger partial charge in [0.2, 0.25) is 0 Å². The van der Waals surface area contributed by atoms with Gasteiger partial charge in [0.1, 0.15) is 4.32 Å². The predicted molar refractivity (Wildman–Crippen MR) is 75.1 cm³/mol. The number of hydrogen-bond donors (Lipinski definition) is 0. The largest absolute Gasteiger partial charge is 0.296 e. The van der Waals surface area contributed by atoms with Crippen molar-refractivity contribution in [1.82, 2.24) is 4.90 Å². The van der Waals surface area contributed by atoms with Crippen LogP contribution in [0.4, 0.5) is 0 Å². The number of thiocarbonyl (C=S) groups is 1. The van der Waals surface area contributed by atoms with E-state index >= 15 is 0 Å². The van der Waals surface area contributed by atoms with Crippen molar-refractivity contribution < 1.29 is 4.79 Å². The number of benzene rings is 1. The molecular weight excluding hydrogens is 306 g/mol. The molecule has 0 radical (unpaired) electrons. The highest BCUT2D eigenvalue weighted by atomic mass is 79.9. The number of nitrogens with zero attached hydrogens (tertiary/aromatic N) is 1. The summed E-state index contributed by atoms with van der Waals surface area (Å²) in [5.74, 6) is -0.0297. The highest BCUT2D eigenvalue weighted by molar-refractivity contribution is 9.10. The van der Waals surface area contributed by atoms with Crippen LogP contribution in [0.15, 0.2) is 33.6 Å². The molecule has 0 unspecified atom stereocenters. The van der Waals surface area contributed by atoms with Gasteiger partial charge in [-0.2, -0.15) is 0 Å². The van der Waals surface area contributed by atoms with Crippen molar-refractivity contribution in [2.45, 2.75) is 0 Å². The highest BCUT2D eigenvalue weighted by Crippen LogP contribution is 2.31. The van der Waals surface area contributed by atoms with Gasteiger partial charge in [-0.3, -0.25) is 9.69 Å². The second-order valence-corrected chi connectivity index (χ2v) is 5.88. The first-order valence-electron chi connectivity index (χ1n) is 4.55. The zero-order valence-corrected chi connectivity index (χ0v) is 11.7. The Hall–Kier alpha value is -0.650. The minimum Gasteiger partial charge on any atom is -0.296 e. The Kier molecular flexibility index (Phi) is 3.47. The summed E-state index contributed by atoms with van der Waals surface area (Å²) in [5, 5.41) is 0. The number of thioether (sulfide) groups is 1. The van der Waals surface area contributed by atoms with Crippen molar-refractivity contribution in [2.75, 3.05) is 7.05 Å². The number of carbonyl (C=O) groups excluding carboxylic acids is 1. The zero-order valence-electron chi connectivity index (χ0n) is 8.44. The molecule has 1 amide bonds. The summed E-state index contributed by atoms with van der Waals surface area (Å²) in [6.07, 6.45) is 1.86. The second-order valence-electron chi connectivity index (χ2n) is 3.29. The Morgan fingerprint density at radius 3 is 2.50 bits per heavy atom. The molecule has 2 nitrogen and oxygen atoms in total. The van der Waals surface area contributed by atoms with E-state index in [2.05, 4.69) is 15.9 Å². The molecule has 1 aromatic rings. The molecule has 1 fully saturated rings. The van der Waals surface area contributed by atoms with Crippen LogP contribution in [-0.2, 0) is 4.79 Å². The maximum Gasteiger partial charge on any atom is 0.265 e. The molecule has 0 aliphatic carbocycles. The number of halogens is 1. The summed E-state index contributed by atoms with van der Waals surface area (Å²) in [6.45, 7) is 0. The first-order valence-corrected chi connectivity index (χ1v) is 6.57. The van der Waals surface area contributed by atoms with Gasteiger partial charge in [0.15, 0.2) is 0 Å². The molecule has 1 aliphatic heterocycles. The molecule has 0 atom stereocenters. The molecule has 1 aliphatic rings. The van der Waals surface area contributed by atoms with Gasteiger partial charge in [0.25, 0.3) is 5.91 Å². The van der Waals surface area contributed by atoms with Gasteiger partial charge >= 0.3 is 0 Å². The van der Waals surface area contributed by atoms with Gasteiger partial charge < -0.3 is 0 Å². The van der Waals surface area contributed by atoms with E-state index in [0.717, 1.165) is 10.0 Å². The number of rotatable bonds is 1. The zero-order chi connectivity index (χ0) is 11.7. The SMILES string of the molecule is CN1C(=O)/C(=C\c2ccc(Br)cc2)SC1=S. The third kappa shape index (κ3) is 2.36. The molecule has 0 spiro atoms. The number of hydrogen-bond acceptors (Lipinski definition) is 3. The molecule has 2 rings (SSSR count). The van der Waals surface area contributed by atoms with Crippen molar-refractivity contribution in [3.63, 3.8) is 0 Å². The predicted octanol–water partition coefficient (Wildman–Crippen LogP) is 3.28. The summed E-state index contributed by atoms with van der Waals surface area (Å²) in [7, 11) is 1.69. The quantitative estimate of drug-likeness (QED) is 0.586. The van der Waals surface area contributed by atoms with Gasteiger partial charge in [-0.15, -0.1) is 0 Å². The van der Waals surface area contributed by atoms with Gasteiger partial charge in [-0.05, 0) is 23.8 Å². The summed E-state index contributed by atoms with van der Waals surface area (Å²) in [6, 6.07) is 7.79. The molecule has 1 aromatic carbocycles. The third-order valence-corrected chi connectivity index (χ3v) is 4.17. The average Bonchev–Trinajstić information content (AvgIpc) is 2.50. The standard InChI is InChI=1S/C11H8BrNOS2/c1-13-10(14)9(16-11(13)15)6-7-2-4-8(12)5-3-7/h2-6H,1H3/b9-6+. The van der Waals surface area contributed by atoms with Gasteiger partial charge in [-0.25, -0.2) is 0 Å². The Labute approximate surface area is 112 Å². The molecule has 0 saturated carbocycles. The molecular formula is C11H8BrNOS2. The van der Waals surface area contributed by atoms with Gasteiger partial charge in [0.05, 0.1) is 4.91 Å². The van der Waals surface area contributed by atoms with Crippen LogP contribution in [0.2, 0.25) is 0 Å². The van der Waals surface area contributed by atoms with E-state index < -0.39 is 0 Å². The van der Waals surface area contributed by atoms with Crippen molar-refractivity contribution in [3.05, 3.63) is 39.2 Å². The Bertz CT molecular complexity index is 481. The van der Waals surface area contributed by atoms with E-state index in [1.165, 1.54) is 16.7 Å². The third-order valence-electron chi connectivity index (χ3n) is 2.15. The first-order chi connectivity index (χ1) is 7.58. The van der Waals surface area contributed by atoms with E-state index in [1.807, 2.05) is 30.3 Å². The van der Waals surface area contributed by atoms with E-state index in [0.29, 0.717) is 9.23 Å². The Balaban J connectivity index is 2.29. The minimum absolute atomic E-state index is 0.0297. The van der Waals surface area contributed by atoms with Crippen LogP contribution in [0.25, 0.3) is 6.08 Å². The van der Waals surface area contributed by atoms with Crippen LogP contribution in [-0.4, -0.2) is 22.2 Å². The molecule has 5 heteroatoms. The molecule has 82 valence electrons. The number of carbonyl (C=O) groups is 1. The first kappa shape index (κ1) is 11.8. The molecule has 1 heterocycles. The van der Waals surface area contributed by atoms with E-state index in [4.69, 9.17) is 12.2 Å². The minimum atomic E-state index is -0.0297. The van der Waals surface area contributed by atoms with Crippen LogP contribution in [0, 0.1) is 0 Å².